The molecule has 0 saturated heterocycles. The highest BCUT2D eigenvalue weighted by atomic mass is 16.5. The summed E-state index contributed by atoms with van der Waals surface area (Å²) in [6, 6.07) is 22.6. The maximum Gasteiger partial charge on any atom is 0.258 e. The first-order valence-corrected chi connectivity index (χ1v) is 12.0. The van der Waals surface area contributed by atoms with Crippen LogP contribution in [0, 0.1) is 0 Å². The number of rotatable bonds is 10. The number of hydrogen-bond donors (Lipinski definition) is 2. The first-order chi connectivity index (χ1) is 17.1. The summed E-state index contributed by atoms with van der Waals surface area (Å²) >= 11 is 0. The molecule has 0 bridgehead atoms. The molecule has 0 aliphatic carbocycles. The highest BCUT2D eigenvalue weighted by Crippen LogP contribution is 2.42. The smallest absolute Gasteiger partial charge is 0.258 e. The molecule has 6 nitrogen and oxygen atoms in total. The Balaban J connectivity index is 1.52. The normalized spacial score (nSPS) is 13.9. The summed E-state index contributed by atoms with van der Waals surface area (Å²) < 4.78 is 10.8. The van der Waals surface area contributed by atoms with Gasteiger partial charge >= 0.3 is 0 Å². The summed E-state index contributed by atoms with van der Waals surface area (Å²) in [5.74, 6) is 1.05. The Bertz CT molecular complexity index is 1200. The molecule has 1 aliphatic heterocycles. The van der Waals surface area contributed by atoms with Crippen LogP contribution < -0.4 is 20.1 Å². The van der Waals surface area contributed by atoms with Crippen LogP contribution in [0.3, 0.4) is 0 Å². The Morgan fingerprint density at radius 2 is 1.51 bits per heavy atom. The van der Waals surface area contributed by atoms with Gasteiger partial charge in [-0.05, 0) is 42.3 Å². The lowest BCUT2D eigenvalue weighted by molar-refractivity contribution is -0.110. The van der Waals surface area contributed by atoms with E-state index in [0.29, 0.717) is 23.5 Å². The van der Waals surface area contributed by atoms with Crippen molar-refractivity contribution in [1.82, 2.24) is 4.90 Å². The van der Waals surface area contributed by atoms with Crippen molar-refractivity contribution in [2.75, 3.05) is 31.4 Å². The fourth-order valence-electron chi connectivity index (χ4n) is 4.37. The van der Waals surface area contributed by atoms with Crippen molar-refractivity contribution in [3.63, 3.8) is 0 Å². The molecule has 0 atom stereocenters. The van der Waals surface area contributed by atoms with Crippen LogP contribution in [0.5, 0.6) is 11.5 Å². The second-order valence-electron chi connectivity index (χ2n) is 8.52. The molecular formula is C29H33N3O3. The summed E-state index contributed by atoms with van der Waals surface area (Å²) in [5.41, 5.74) is 6.55. The number of amides is 1. The Morgan fingerprint density at radius 3 is 2.11 bits per heavy atom. The van der Waals surface area contributed by atoms with Gasteiger partial charge in [0, 0.05) is 36.1 Å². The second kappa shape index (κ2) is 11.1. The van der Waals surface area contributed by atoms with Crippen LogP contribution >= 0.6 is 0 Å². The summed E-state index contributed by atoms with van der Waals surface area (Å²) in [7, 11) is 3.18. The fourth-order valence-corrected chi connectivity index (χ4v) is 4.37. The average Bonchev–Trinajstić information content (AvgIpc) is 3.21. The van der Waals surface area contributed by atoms with E-state index in [0.717, 1.165) is 42.3 Å². The molecule has 0 fully saturated rings. The SMILES string of the molecule is CCC(Nc1ccc(CN(CC)Cc2ccccc2)cc1)=C1C(=O)Nc2cc(OC)c(OC)cc21. The molecule has 1 heterocycles. The number of allylic oxidation sites excluding steroid dienone is 1. The first kappa shape index (κ1) is 24.4. The first-order valence-electron chi connectivity index (χ1n) is 12.0. The zero-order valence-electron chi connectivity index (χ0n) is 20.9. The number of benzene rings is 3. The maximum atomic E-state index is 12.9. The number of fused-ring (bicyclic) bond motifs is 1. The Labute approximate surface area is 207 Å². The van der Waals surface area contributed by atoms with Gasteiger partial charge in [0.05, 0.1) is 25.5 Å². The van der Waals surface area contributed by atoms with Crippen LogP contribution in [0.2, 0.25) is 0 Å². The molecule has 35 heavy (non-hydrogen) atoms. The minimum atomic E-state index is -0.129. The third-order valence-corrected chi connectivity index (χ3v) is 6.28. The van der Waals surface area contributed by atoms with Crippen molar-refractivity contribution in [3.8, 4) is 11.5 Å². The molecule has 0 radical (unpaired) electrons. The summed E-state index contributed by atoms with van der Waals surface area (Å²) in [6.45, 7) is 7.01. The Morgan fingerprint density at radius 1 is 0.886 bits per heavy atom. The lowest BCUT2D eigenvalue weighted by Crippen LogP contribution is -2.22. The van der Waals surface area contributed by atoms with E-state index in [1.165, 1.54) is 11.1 Å². The van der Waals surface area contributed by atoms with Gasteiger partial charge in [0.2, 0.25) is 0 Å². The number of anilines is 2. The van der Waals surface area contributed by atoms with Gasteiger partial charge in [-0.3, -0.25) is 9.69 Å². The molecule has 0 aromatic heterocycles. The molecule has 182 valence electrons. The van der Waals surface area contributed by atoms with Gasteiger partial charge in [-0.1, -0.05) is 56.3 Å². The summed E-state index contributed by atoms with van der Waals surface area (Å²) in [4.78, 5) is 15.3. The quantitative estimate of drug-likeness (QED) is 0.360. The molecule has 0 unspecified atom stereocenters. The number of nitrogens with one attached hydrogen (secondary N) is 2. The van der Waals surface area contributed by atoms with Crippen molar-refractivity contribution in [1.29, 1.82) is 0 Å². The van der Waals surface area contributed by atoms with Crippen LogP contribution in [0.4, 0.5) is 11.4 Å². The number of ether oxygens (including phenoxy) is 2. The van der Waals surface area contributed by atoms with Crippen molar-refractivity contribution in [3.05, 3.63) is 89.1 Å². The van der Waals surface area contributed by atoms with Gasteiger partial charge in [0.15, 0.2) is 11.5 Å². The zero-order chi connectivity index (χ0) is 24.8. The molecule has 3 aromatic rings. The van der Waals surface area contributed by atoms with Gasteiger partial charge in [0.25, 0.3) is 5.91 Å². The van der Waals surface area contributed by atoms with E-state index in [1.807, 2.05) is 19.1 Å². The van der Waals surface area contributed by atoms with E-state index in [-0.39, 0.29) is 5.91 Å². The van der Waals surface area contributed by atoms with E-state index in [2.05, 4.69) is 71.0 Å². The van der Waals surface area contributed by atoms with E-state index < -0.39 is 0 Å². The van der Waals surface area contributed by atoms with Crippen LogP contribution in [0.15, 0.2) is 72.4 Å². The third kappa shape index (κ3) is 5.49. The second-order valence-corrected chi connectivity index (χ2v) is 8.52. The molecule has 1 amide bonds. The Hall–Kier alpha value is -3.77. The lowest BCUT2D eigenvalue weighted by atomic mass is 10.0. The summed E-state index contributed by atoms with van der Waals surface area (Å²) in [5, 5.41) is 6.43. The number of hydrogen-bond acceptors (Lipinski definition) is 5. The van der Waals surface area contributed by atoms with Gasteiger partial charge in [-0.15, -0.1) is 0 Å². The van der Waals surface area contributed by atoms with Gasteiger partial charge in [-0.25, -0.2) is 0 Å². The van der Waals surface area contributed by atoms with E-state index >= 15 is 0 Å². The van der Waals surface area contributed by atoms with Crippen molar-refractivity contribution < 1.29 is 14.3 Å². The van der Waals surface area contributed by atoms with Crippen molar-refractivity contribution in [2.45, 2.75) is 33.4 Å². The number of carbonyl (C=O) groups excluding carboxylic acids is 1. The molecule has 0 saturated carbocycles. The highest BCUT2D eigenvalue weighted by Gasteiger charge is 2.29. The topological polar surface area (TPSA) is 62.8 Å². The van der Waals surface area contributed by atoms with Crippen LogP contribution in [-0.2, 0) is 17.9 Å². The zero-order valence-corrected chi connectivity index (χ0v) is 20.9. The number of carbonyl (C=O) groups is 1. The van der Waals surface area contributed by atoms with E-state index in [4.69, 9.17) is 9.47 Å². The highest BCUT2D eigenvalue weighted by molar-refractivity contribution is 6.32. The molecular weight excluding hydrogens is 438 g/mol. The van der Waals surface area contributed by atoms with Gasteiger partial charge < -0.3 is 20.1 Å². The van der Waals surface area contributed by atoms with Crippen molar-refractivity contribution in [2.24, 2.45) is 0 Å². The molecule has 4 rings (SSSR count). The molecule has 3 aromatic carbocycles. The fraction of sp³-hybridized carbons (Fsp3) is 0.276. The van der Waals surface area contributed by atoms with E-state index in [9.17, 15) is 4.79 Å². The number of nitrogens with zero attached hydrogens (tertiary/aromatic N) is 1. The molecule has 6 heteroatoms. The predicted octanol–water partition coefficient (Wildman–Crippen LogP) is 5.91. The Kier molecular flexibility index (Phi) is 7.73. The largest absolute Gasteiger partial charge is 0.493 e. The van der Waals surface area contributed by atoms with Crippen LogP contribution in [0.1, 0.15) is 37.0 Å². The van der Waals surface area contributed by atoms with Crippen molar-refractivity contribution >= 4 is 22.9 Å². The molecule has 2 N–H and O–H groups in total. The van der Waals surface area contributed by atoms with Gasteiger partial charge in [-0.2, -0.15) is 0 Å². The third-order valence-electron chi connectivity index (χ3n) is 6.28. The van der Waals surface area contributed by atoms with Crippen LogP contribution in [-0.4, -0.2) is 31.6 Å². The predicted molar refractivity (Wildman–Crippen MR) is 142 cm³/mol. The standard InChI is InChI=1S/C29H33N3O3/c1-5-24(28-23-16-26(34-3)27(35-4)17-25(23)31-29(28)33)30-22-14-12-21(13-15-22)19-32(6-2)18-20-10-8-7-9-11-20/h7-17,30H,5-6,18-19H2,1-4H3,(H,31,33). The minimum Gasteiger partial charge on any atom is -0.493 e. The van der Waals surface area contributed by atoms with Gasteiger partial charge in [0.1, 0.15) is 0 Å². The van der Waals surface area contributed by atoms with E-state index in [1.54, 1.807) is 20.3 Å². The van der Waals surface area contributed by atoms with Crippen LogP contribution in [0.25, 0.3) is 5.57 Å². The summed E-state index contributed by atoms with van der Waals surface area (Å²) in [6.07, 6.45) is 0.680. The average molecular weight is 472 g/mol. The molecule has 1 aliphatic rings. The minimum absolute atomic E-state index is 0.129. The monoisotopic (exact) mass is 471 g/mol. The lowest BCUT2D eigenvalue weighted by Gasteiger charge is -2.21. The number of methoxy groups -OCH3 is 2. The molecule has 0 spiro atoms. The maximum absolute atomic E-state index is 12.9.